The predicted octanol–water partition coefficient (Wildman–Crippen LogP) is 0.426. The van der Waals surface area contributed by atoms with Gasteiger partial charge < -0.3 is 74.7 Å². The largest absolute Gasteiger partial charge is 0.370 e. The van der Waals surface area contributed by atoms with Crippen molar-refractivity contribution in [1.82, 2.24) is 62.5 Å². The minimum atomic E-state index is -1.36. The second-order valence-corrected chi connectivity index (χ2v) is 21.3. The molecule has 9 amide bonds. The molecule has 0 aliphatic carbocycles. The van der Waals surface area contributed by atoms with Crippen LogP contribution in [0.15, 0.2) is 104 Å². The minimum absolute atomic E-state index is 0.0140. The van der Waals surface area contributed by atoms with Gasteiger partial charge in [0.25, 0.3) is 0 Å². The third kappa shape index (κ3) is 18.6. The summed E-state index contributed by atoms with van der Waals surface area (Å²) in [5.74, 6) is -6.73. The molecule has 8 atom stereocenters. The highest BCUT2D eigenvalue weighted by atomic mass is 16.2. The lowest BCUT2D eigenvalue weighted by Gasteiger charge is -2.27. The van der Waals surface area contributed by atoms with Crippen molar-refractivity contribution in [3.05, 3.63) is 126 Å². The molecule has 3 aromatic carbocycles. The predicted molar refractivity (Wildman–Crippen MR) is 308 cm³/mol. The molecule has 0 fully saturated rings. The molecule has 8 unspecified atom stereocenters. The zero-order valence-corrected chi connectivity index (χ0v) is 46.8. The summed E-state index contributed by atoms with van der Waals surface area (Å²) in [6.45, 7) is 8.32. The molecule has 0 spiro atoms. The fourth-order valence-electron chi connectivity index (χ4n) is 9.48. The number of primary amides is 2. The summed E-state index contributed by atoms with van der Waals surface area (Å²) in [6, 6.07) is 15.5. The van der Waals surface area contributed by atoms with E-state index in [4.69, 9.17) is 17.2 Å². The molecule has 0 aliphatic rings. The maximum Gasteiger partial charge on any atom is 0.243 e. The minimum Gasteiger partial charge on any atom is -0.370 e. The molecule has 24 heteroatoms. The molecule has 6 rings (SSSR count). The van der Waals surface area contributed by atoms with E-state index in [-0.39, 0.29) is 44.6 Å². The highest BCUT2D eigenvalue weighted by Crippen LogP contribution is 2.21. The van der Waals surface area contributed by atoms with Gasteiger partial charge in [0, 0.05) is 77.9 Å². The first kappa shape index (κ1) is 62.3. The van der Waals surface area contributed by atoms with Crippen molar-refractivity contribution in [3.63, 3.8) is 0 Å². The standard InChI is InChI=1S/C58H77N15O9/c1-32(2)21-39(29-65-46(52(61)76)22-35-13-7-6-8-14-35)69-57(81)48(25-38-28-62-31-67-38)70-50(75)30-66-58(82)51(33(3)4)73-53(77)34(5)68-56(80)47(24-37-27-64-44-18-12-10-16-41(37)44)72-55(79)45(19-20-49(60)74)71-54(78)42(59)23-36-26-63-43-17-11-9-15-40(36)43/h6-18,26-28,31-34,39,42,45-48,51,63-65H,19-25,29-30,59H2,1-5H3,(H2,60,74)(H2,61,76)(H,62,67)(H,66,82)(H,68,80)(H,69,81)(H,70,75)(H,71,78)(H,72,79)(H,73,77). The van der Waals surface area contributed by atoms with Crippen molar-refractivity contribution in [1.29, 1.82) is 0 Å². The van der Waals surface area contributed by atoms with Crippen LogP contribution in [0.2, 0.25) is 0 Å². The van der Waals surface area contributed by atoms with Gasteiger partial charge in [0.1, 0.15) is 30.2 Å². The van der Waals surface area contributed by atoms with E-state index < -0.39 is 114 Å². The molecule has 3 aromatic heterocycles. The Morgan fingerprint density at radius 2 is 1.16 bits per heavy atom. The number of H-pyrrole nitrogens is 3. The smallest absolute Gasteiger partial charge is 0.243 e. The van der Waals surface area contributed by atoms with Gasteiger partial charge in [0.05, 0.1) is 25.0 Å². The molecular weight excluding hydrogens is 1050 g/mol. The molecule has 82 heavy (non-hydrogen) atoms. The van der Waals surface area contributed by atoms with Crippen LogP contribution in [0.1, 0.15) is 76.3 Å². The van der Waals surface area contributed by atoms with E-state index in [1.54, 1.807) is 26.2 Å². The van der Waals surface area contributed by atoms with Crippen LogP contribution in [0.5, 0.6) is 0 Å². The number of rotatable bonds is 32. The summed E-state index contributed by atoms with van der Waals surface area (Å²) in [5, 5.41) is 23.8. The number of aromatic nitrogens is 4. The quantitative estimate of drug-likeness (QED) is 0.0274. The number of nitrogens with one attached hydrogen (secondary N) is 11. The van der Waals surface area contributed by atoms with Crippen LogP contribution in [0, 0.1) is 11.8 Å². The van der Waals surface area contributed by atoms with Crippen LogP contribution < -0.4 is 59.7 Å². The normalized spacial score (nSPS) is 14.3. The third-order valence-corrected chi connectivity index (χ3v) is 13.9. The van der Waals surface area contributed by atoms with E-state index in [9.17, 15) is 43.2 Å². The molecule has 0 saturated heterocycles. The monoisotopic (exact) mass is 1130 g/mol. The van der Waals surface area contributed by atoms with Gasteiger partial charge in [-0.1, -0.05) is 94.4 Å². The van der Waals surface area contributed by atoms with Crippen molar-refractivity contribution in [2.45, 2.75) is 128 Å². The zero-order valence-electron chi connectivity index (χ0n) is 46.8. The van der Waals surface area contributed by atoms with Crippen molar-refractivity contribution in [2.75, 3.05) is 13.1 Å². The first-order chi connectivity index (χ1) is 39.1. The van der Waals surface area contributed by atoms with Crippen LogP contribution in [0.4, 0.5) is 0 Å². The molecule has 24 nitrogen and oxygen atoms in total. The topological polar surface area (TPSA) is 388 Å². The average molecular weight is 1130 g/mol. The number of hydrogen-bond acceptors (Lipinski definition) is 12. The summed E-state index contributed by atoms with van der Waals surface area (Å²) < 4.78 is 0. The maximum absolute atomic E-state index is 14.3. The molecular formula is C58H77N15O9. The van der Waals surface area contributed by atoms with Gasteiger partial charge in [0.15, 0.2) is 0 Å². The van der Waals surface area contributed by atoms with E-state index in [1.807, 2.05) is 92.7 Å². The Bertz CT molecular complexity index is 3140. The summed E-state index contributed by atoms with van der Waals surface area (Å²) >= 11 is 0. The lowest BCUT2D eigenvalue weighted by atomic mass is 10.0. The summed E-state index contributed by atoms with van der Waals surface area (Å²) in [4.78, 5) is 135. The molecule has 0 radical (unpaired) electrons. The van der Waals surface area contributed by atoms with Crippen LogP contribution >= 0.6 is 0 Å². The number of aromatic amines is 3. The number of hydrogen-bond donors (Lipinski definition) is 14. The highest BCUT2D eigenvalue weighted by molar-refractivity contribution is 5.98. The summed E-state index contributed by atoms with van der Waals surface area (Å²) in [5.41, 5.74) is 22.1. The van der Waals surface area contributed by atoms with E-state index in [2.05, 4.69) is 62.5 Å². The lowest BCUT2D eigenvalue weighted by Crippen LogP contribution is -2.59. The van der Waals surface area contributed by atoms with Crippen LogP contribution in [-0.4, -0.2) is 135 Å². The Morgan fingerprint density at radius 3 is 1.76 bits per heavy atom. The Balaban J connectivity index is 1.08. The van der Waals surface area contributed by atoms with Crippen LogP contribution in [-0.2, 0) is 68.8 Å². The highest BCUT2D eigenvalue weighted by Gasteiger charge is 2.33. The number of carbonyl (C=O) groups excluding carboxylic acids is 9. The van der Waals surface area contributed by atoms with Gasteiger partial charge in [-0.15, -0.1) is 0 Å². The van der Waals surface area contributed by atoms with Gasteiger partial charge in [-0.3, -0.25) is 43.2 Å². The first-order valence-electron chi connectivity index (χ1n) is 27.4. The number of carbonyl (C=O) groups is 9. The van der Waals surface area contributed by atoms with Crippen LogP contribution in [0.25, 0.3) is 21.8 Å². The average Bonchev–Trinajstić information content (AvgIpc) is 4.27. The van der Waals surface area contributed by atoms with Gasteiger partial charge in [-0.2, -0.15) is 0 Å². The number of nitrogens with two attached hydrogens (primary N) is 3. The van der Waals surface area contributed by atoms with Crippen molar-refractivity contribution >= 4 is 75.0 Å². The second kappa shape index (κ2) is 30.1. The van der Waals surface area contributed by atoms with E-state index in [1.165, 1.54) is 19.4 Å². The number of nitrogens with zero attached hydrogens (tertiary/aromatic N) is 1. The molecule has 0 aliphatic heterocycles. The van der Waals surface area contributed by atoms with E-state index >= 15 is 0 Å². The third-order valence-electron chi connectivity index (χ3n) is 13.9. The molecule has 3 heterocycles. The molecule has 0 saturated carbocycles. The van der Waals surface area contributed by atoms with Gasteiger partial charge in [-0.25, -0.2) is 4.98 Å². The molecule has 6 aromatic rings. The summed E-state index contributed by atoms with van der Waals surface area (Å²) in [6.07, 6.45) is 6.78. The lowest BCUT2D eigenvalue weighted by molar-refractivity contribution is -0.135. The van der Waals surface area contributed by atoms with Gasteiger partial charge in [0.2, 0.25) is 53.2 Å². The van der Waals surface area contributed by atoms with Crippen molar-refractivity contribution in [3.8, 4) is 0 Å². The fourth-order valence-corrected chi connectivity index (χ4v) is 9.48. The van der Waals surface area contributed by atoms with Crippen molar-refractivity contribution in [2.24, 2.45) is 29.0 Å². The van der Waals surface area contributed by atoms with Crippen LogP contribution in [0.3, 0.4) is 0 Å². The maximum atomic E-state index is 14.3. The van der Waals surface area contributed by atoms with Gasteiger partial charge >= 0.3 is 0 Å². The number of para-hydroxylation sites is 2. The number of benzene rings is 3. The Morgan fingerprint density at radius 1 is 0.573 bits per heavy atom. The van der Waals surface area contributed by atoms with Gasteiger partial charge in [-0.05, 0) is 73.3 Å². The molecule has 0 bridgehead atoms. The Kier molecular flexibility index (Phi) is 22.8. The SMILES string of the molecule is CC(C)CC(CNC(Cc1ccccc1)C(N)=O)NC(=O)C(Cc1cnc[nH]1)NC(=O)CNC(=O)C(NC(=O)C(C)NC(=O)C(Cc1c[nH]c2ccccc12)NC(=O)C(CCC(N)=O)NC(=O)C(N)Cc1c[nH]c2ccccc12)C(C)C. The molecule has 438 valence electrons. The number of imidazole rings is 1. The Labute approximate surface area is 475 Å². The Hall–Kier alpha value is -8.90. The fraction of sp³-hybridized carbons (Fsp3) is 0.414. The summed E-state index contributed by atoms with van der Waals surface area (Å²) in [7, 11) is 0. The molecule has 17 N–H and O–H groups in total. The van der Waals surface area contributed by atoms with Crippen molar-refractivity contribution < 1.29 is 43.2 Å². The van der Waals surface area contributed by atoms with E-state index in [0.717, 1.165) is 32.9 Å². The number of fused-ring (bicyclic) bond motifs is 2. The van der Waals surface area contributed by atoms with E-state index in [0.29, 0.717) is 24.1 Å². The zero-order chi connectivity index (χ0) is 59.5. The second-order valence-electron chi connectivity index (χ2n) is 21.3. The first-order valence-corrected chi connectivity index (χ1v) is 27.4. The number of amides is 9.